The lowest BCUT2D eigenvalue weighted by Crippen LogP contribution is -2.36. The minimum absolute atomic E-state index is 0.146. The number of nitrogens with zero attached hydrogens (tertiary/aromatic N) is 2. The van der Waals surface area contributed by atoms with E-state index in [0.29, 0.717) is 12.5 Å². The van der Waals surface area contributed by atoms with Gasteiger partial charge in [-0.15, -0.1) is 0 Å². The van der Waals surface area contributed by atoms with E-state index in [2.05, 4.69) is 41.9 Å². The lowest BCUT2D eigenvalue weighted by Gasteiger charge is -2.29. The van der Waals surface area contributed by atoms with Crippen molar-refractivity contribution in [3.05, 3.63) is 64.2 Å². The Morgan fingerprint density at radius 3 is 2.33 bits per heavy atom. The van der Waals surface area contributed by atoms with Crippen LogP contribution in [0.5, 0.6) is 0 Å². The Balaban J connectivity index is 2.05. The molecule has 0 fully saturated rings. The van der Waals surface area contributed by atoms with Crippen LogP contribution in [0.2, 0.25) is 5.02 Å². The summed E-state index contributed by atoms with van der Waals surface area (Å²) in [5, 5.41) is 0.720. The van der Waals surface area contributed by atoms with Crippen LogP contribution in [-0.2, 0) is 0 Å². The molecule has 2 N–H and O–H groups in total. The second-order valence-electron chi connectivity index (χ2n) is 5.37. The molecule has 0 spiro atoms. The van der Waals surface area contributed by atoms with Crippen molar-refractivity contribution in [2.75, 3.05) is 11.4 Å². The highest BCUT2D eigenvalue weighted by Crippen LogP contribution is 2.34. The van der Waals surface area contributed by atoms with Crippen LogP contribution in [0.3, 0.4) is 0 Å². The maximum absolute atomic E-state index is 6.12. The molecule has 3 rings (SSSR count). The summed E-state index contributed by atoms with van der Waals surface area (Å²) in [6.07, 6.45) is 0. The summed E-state index contributed by atoms with van der Waals surface area (Å²) in [4.78, 5) is 6.53. The van der Waals surface area contributed by atoms with Gasteiger partial charge in [0.05, 0.1) is 12.6 Å². The summed E-state index contributed by atoms with van der Waals surface area (Å²) >= 11 is 5.98. The molecule has 1 aliphatic heterocycles. The molecule has 0 aliphatic carbocycles. The van der Waals surface area contributed by atoms with Crippen molar-refractivity contribution in [2.45, 2.75) is 19.9 Å². The van der Waals surface area contributed by atoms with Crippen LogP contribution in [0.15, 0.2) is 47.5 Å². The first-order valence-corrected chi connectivity index (χ1v) is 7.36. The van der Waals surface area contributed by atoms with Gasteiger partial charge < -0.3 is 10.6 Å². The highest BCUT2D eigenvalue weighted by atomic mass is 35.5. The molecule has 0 saturated heterocycles. The predicted molar refractivity (Wildman–Crippen MR) is 89.1 cm³/mol. The van der Waals surface area contributed by atoms with Gasteiger partial charge in [-0.3, -0.25) is 4.99 Å². The third-order valence-corrected chi connectivity index (χ3v) is 4.22. The molecule has 4 heteroatoms. The number of halogens is 1. The molecular weight excluding hydrogens is 282 g/mol. The SMILES string of the molecule is Cc1cccc(C)c1C1CN=C(N)N1c1ccc(Cl)cc1. The van der Waals surface area contributed by atoms with E-state index in [1.807, 2.05) is 24.3 Å². The van der Waals surface area contributed by atoms with Gasteiger partial charge in [-0.1, -0.05) is 29.8 Å². The summed E-state index contributed by atoms with van der Waals surface area (Å²) < 4.78 is 0. The van der Waals surface area contributed by atoms with E-state index in [-0.39, 0.29) is 6.04 Å². The average Bonchev–Trinajstić information content (AvgIpc) is 2.82. The van der Waals surface area contributed by atoms with Gasteiger partial charge in [-0.05, 0) is 54.8 Å². The van der Waals surface area contributed by atoms with Crippen molar-refractivity contribution < 1.29 is 0 Å². The van der Waals surface area contributed by atoms with Gasteiger partial charge in [-0.25, -0.2) is 0 Å². The van der Waals surface area contributed by atoms with E-state index in [1.54, 1.807) is 0 Å². The Morgan fingerprint density at radius 2 is 1.71 bits per heavy atom. The highest BCUT2D eigenvalue weighted by molar-refractivity contribution is 6.30. The molecule has 1 unspecified atom stereocenters. The van der Waals surface area contributed by atoms with Gasteiger partial charge in [0.1, 0.15) is 0 Å². The third-order valence-electron chi connectivity index (χ3n) is 3.96. The number of nitrogens with two attached hydrogens (primary N) is 1. The van der Waals surface area contributed by atoms with Crippen LogP contribution in [0, 0.1) is 13.8 Å². The van der Waals surface area contributed by atoms with Gasteiger partial charge in [0.25, 0.3) is 0 Å². The summed E-state index contributed by atoms with van der Waals surface area (Å²) in [6.45, 7) is 4.95. The standard InChI is InChI=1S/C17H18ClN3/c1-11-4-3-5-12(2)16(11)15-10-20-17(19)21(15)14-8-6-13(18)7-9-14/h3-9,15H,10H2,1-2H3,(H2,19,20). The molecule has 1 aliphatic rings. The normalized spacial score (nSPS) is 18.0. The first kappa shape index (κ1) is 14.0. The lowest BCUT2D eigenvalue weighted by molar-refractivity contribution is 0.756. The number of hydrogen-bond donors (Lipinski definition) is 1. The van der Waals surface area contributed by atoms with Crippen LogP contribution in [0.25, 0.3) is 0 Å². The second kappa shape index (κ2) is 5.41. The minimum atomic E-state index is 0.146. The van der Waals surface area contributed by atoms with E-state index in [1.165, 1.54) is 16.7 Å². The fourth-order valence-corrected chi connectivity index (χ4v) is 3.11. The van der Waals surface area contributed by atoms with Crippen molar-refractivity contribution in [1.29, 1.82) is 0 Å². The Bertz CT molecular complexity index is 671. The molecule has 1 atom stereocenters. The van der Waals surface area contributed by atoms with Crippen LogP contribution in [0.4, 0.5) is 5.69 Å². The Kier molecular flexibility index (Phi) is 3.60. The number of anilines is 1. The van der Waals surface area contributed by atoms with Crippen molar-refractivity contribution >= 4 is 23.2 Å². The van der Waals surface area contributed by atoms with E-state index in [0.717, 1.165) is 10.7 Å². The molecule has 0 saturated carbocycles. The first-order valence-electron chi connectivity index (χ1n) is 6.99. The Labute approximate surface area is 130 Å². The molecule has 1 heterocycles. The average molecular weight is 300 g/mol. The summed E-state index contributed by atoms with van der Waals surface area (Å²) in [7, 11) is 0. The van der Waals surface area contributed by atoms with Crippen LogP contribution < -0.4 is 10.6 Å². The molecule has 21 heavy (non-hydrogen) atoms. The number of aliphatic imine (C=N–C) groups is 1. The van der Waals surface area contributed by atoms with E-state index >= 15 is 0 Å². The number of aryl methyl sites for hydroxylation is 2. The summed E-state index contributed by atoms with van der Waals surface area (Å²) in [6, 6.07) is 14.2. The number of guanidine groups is 1. The van der Waals surface area contributed by atoms with Gasteiger partial charge >= 0.3 is 0 Å². The van der Waals surface area contributed by atoms with Crippen molar-refractivity contribution in [3.8, 4) is 0 Å². The van der Waals surface area contributed by atoms with Crippen molar-refractivity contribution in [1.82, 2.24) is 0 Å². The van der Waals surface area contributed by atoms with Gasteiger partial charge in [0.2, 0.25) is 0 Å². The molecule has 2 aromatic rings. The molecule has 3 nitrogen and oxygen atoms in total. The Hall–Kier alpha value is -2.00. The zero-order chi connectivity index (χ0) is 15.0. The smallest absolute Gasteiger partial charge is 0.196 e. The fraction of sp³-hybridized carbons (Fsp3) is 0.235. The molecule has 0 aromatic heterocycles. The monoisotopic (exact) mass is 299 g/mol. The van der Waals surface area contributed by atoms with Crippen molar-refractivity contribution in [3.63, 3.8) is 0 Å². The zero-order valence-corrected chi connectivity index (χ0v) is 12.9. The maximum atomic E-state index is 6.12. The predicted octanol–water partition coefficient (Wildman–Crippen LogP) is 3.83. The number of hydrogen-bond acceptors (Lipinski definition) is 3. The first-order chi connectivity index (χ1) is 10.1. The zero-order valence-electron chi connectivity index (χ0n) is 12.2. The molecule has 2 aromatic carbocycles. The quantitative estimate of drug-likeness (QED) is 0.915. The Morgan fingerprint density at radius 1 is 1.10 bits per heavy atom. The molecular formula is C17H18ClN3. The molecule has 108 valence electrons. The topological polar surface area (TPSA) is 41.6 Å². The van der Waals surface area contributed by atoms with Crippen molar-refractivity contribution in [2.24, 2.45) is 10.7 Å². The highest BCUT2D eigenvalue weighted by Gasteiger charge is 2.30. The molecule has 0 radical (unpaired) electrons. The minimum Gasteiger partial charge on any atom is -0.369 e. The van der Waals surface area contributed by atoms with Crippen LogP contribution in [0.1, 0.15) is 22.7 Å². The molecule has 0 amide bonds. The van der Waals surface area contributed by atoms with E-state index < -0.39 is 0 Å². The summed E-state index contributed by atoms with van der Waals surface area (Å²) in [5.74, 6) is 0.560. The molecule has 0 bridgehead atoms. The maximum Gasteiger partial charge on any atom is 0.196 e. The second-order valence-corrected chi connectivity index (χ2v) is 5.80. The lowest BCUT2D eigenvalue weighted by atomic mass is 9.95. The van der Waals surface area contributed by atoms with E-state index in [4.69, 9.17) is 17.3 Å². The number of rotatable bonds is 2. The largest absolute Gasteiger partial charge is 0.369 e. The summed E-state index contributed by atoms with van der Waals surface area (Å²) in [5.41, 5.74) is 11.0. The number of benzene rings is 2. The fourth-order valence-electron chi connectivity index (χ4n) is 2.98. The van der Waals surface area contributed by atoms with Crippen LogP contribution >= 0.6 is 11.6 Å². The van der Waals surface area contributed by atoms with Gasteiger partial charge in [-0.2, -0.15) is 0 Å². The van der Waals surface area contributed by atoms with Gasteiger partial charge in [0, 0.05) is 10.7 Å². The van der Waals surface area contributed by atoms with E-state index in [9.17, 15) is 0 Å². The van der Waals surface area contributed by atoms with Crippen LogP contribution in [-0.4, -0.2) is 12.5 Å². The third kappa shape index (κ3) is 2.49. The van der Waals surface area contributed by atoms with Gasteiger partial charge in [0.15, 0.2) is 5.96 Å².